The number of carbonyl (C=O) groups excluding carboxylic acids is 1. The van der Waals surface area contributed by atoms with Gasteiger partial charge in [-0.1, -0.05) is 42.4 Å². The van der Waals surface area contributed by atoms with Crippen LogP contribution in [0.15, 0.2) is 58.4 Å². The normalized spacial score (nSPS) is 11.1. The summed E-state index contributed by atoms with van der Waals surface area (Å²) in [4.78, 5) is 19.4. The number of rotatable bonds is 6. The Hall–Kier alpha value is -2.99. The lowest BCUT2D eigenvalue weighted by atomic mass is 10.1. The number of aromatic nitrogens is 2. The summed E-state index contributed by atoms with van der Waals surface area (Å²) >= 11 is 1.57. The maximum absolute atomic E-state index is 12.8. The van der Waals surface area contributed by atoms with Crippen LogP contribution in [0.1, 0.15) is 30.6 Å². The molecule has 1 amide bonds. The zero-order valence-corrected chi connectivity index (χ0v) is 16.7. The van der Waals surface area contributed by atoms with Crippen LogP contribution in [0.5, 0.6) is 0 Å². The second-order valence-corrected chi connectivity index (χ2v) is 7.39. The molecule has 142 valence electrons. The number of fused-ring (bicyclic) bond motifs is 1. The van der Waals surface area contributed by atoms with Crippen molar-refractivity contribution in [2.45, 2.75) is 20.3 Å². The molecule has 0 aliphatic rings. The maximum Gasteiger partial charge on any atom is 0.253 e. The Bertz CT molecular complexity index is 1100. The van der Waals surface area contributed by atoms with E-state index in [1.807, 2.05) is 59.7 Å². The summed E-state index contributed by atoms with van der Waals surface area (Å²) in [7, 11) is 0. The van der Waals surface area contributed by atoms with Gasteiger partial charge in [0.25, 0.3) is 5.91 Å². The molecular weight excluding hydrogens is 370 g/mol. The molecule has 0 N–H and O–H groups in total. The highest BCUT2D eigenvalue weighted by Crippen LogP contribution is 2.33. The Balaban J connectivity index is 1.71. The van der Waals surface area contributed by atoms with Crippen LogP contribution in [0.4, 0.5) is 0 Å². The van der Waals surface area contributed by atoms with Crippen molar-refractivity contribution in [3.63, 3.8) is 0 Å². The number of carbonyl (C=O) groups is 1. The van der Waals surface area contributed by atoms with Crippen LogP contribution in [-0.4, -0.2) is 34.0 Å². The van der Waals surface area contributed by atoms with Crippen molar-refractivity contribution in [2.24, 2.45) is 0 Å². The molecule has 0 fully saturated rings. The summed E-state index contributed by atoms with van der Waals surface area (Å²) in [6.07, 6.45) is 0.932. The Kier molecular flexibility index (Phi) is 5.21. The second kappa shape index (κ2) is 7.94. The van der Waals surface area contributed by atoms with E-state index in [0.717, 1.165) is 34.6 Å². The maximum atomic E-state index is 12.8. The molecule has 2 aromatic carbocycles. The molecule has 0 atom stereocenters. The predicted octanol–water partition coefficient (Wildman–Crippen LogP) is 5.49. The van der Waals surface area contributed by atoms with E-state index < -0.39 is 0 Å². The smallest absolute Gasteiger partial charge is 0.253 e. The minimum Gasteiger partial charge on any atom is -0.356 e. The van der Waals surface area contributed by atoms with Gasteiger partial charge < -0.3 is 9.42 Å². The molecule has 0 saturated heterocycles. The summed E-state index contributed by atoms with van der Waals surface area (Å²) < 4.78 is 5.48. The molecule has 4 aromatic rings. The van der Waals surface area contributed by atoms with Crippen LogP contribution in [0, 0.1) is 0 Å². The predicted molar refractivity (Wildman–Crippen MR) is 112 cm³/mol. The van der Waals surface area contributed by atoms with Gasteiger partial charge >= 0.3 is 0 Å². The lowest BCUT2D eigenvalue weighted by Crippen LogP contribution is -2.31. The zero-order chi connectivity index (χ0) is 19.5. The molecule has 28 heavy (non-hydrogen) atoms. The fourth-order valence-electron chi connectivity index (χ4n) is 3.21. The third kappa shape index (κ3) is 3.43. The first-order valence-corrected chi connectivity index (χ1v) is 10.3. The van der Waals surface area contributed by atoms with Crippen LogP contribution >= 0.6 is 11.3 Å². The van der Waals surface area contributed by atoms with Gasteiger partial charge in [0.2, 0.25) is 0 Å². The number of hydrogen-bond acceptors (Lipinski definition) is 5. The molecule has 2 heterocycles. The van der Waals surface area contributed by atoms with Gasteiger partial charge in [-0.15, -0.1) is 11.3 Å². The highest BCUT2D eigenvalue weighted by molar-refractivity contribution is 7.13. The summed E-state index contributed by atoms with van der Waals surface area (Å²) in [5.41, 5.74) is 3.79. The van der Waals surface area contributed by atoms with E-state index in [2.05, 4.69) is 12.1 Å². The van der Waals surface area contributed by atoms with E-state index in [0.29, 0.717) is 23.4 Å². The first kappa shape index (κ1) is 18.4. The Morgan fingerprint density at radius 1 is 1.14 bits per heavy atom. The van der Waals surface area contributed by atoms with E-state index in [9.17, 15) is 4.79 Å². The molecule has 0 bridgehead atoms. The molecular formula is C22H21N3O2S. The van der Waals surface area contributed by atoms with Crippen molar-refractivity contribution in [2.75, 3.05) is 13.1 Å². The monoisotopic (exact) mass is 391 g/mol. The van der Waals surface area contributed by atoms with Gasteiger partial charge in [-0.2, -0.15) is 0 Å². The Morgan fingerprint density at radius 2 is 1.96 bits per heavy atom. The molecule has 5 nitrogen and oxygen atoms in total. The van der Waals surface area contributed by atoms with Gasteiger partial charge in [0.1, 0.15) is 16.4 Å². The SMILES string of the molecule is CCCN(CC)C(=O)c1ccc2onc(-c3csc(-c4ccccc4)n3)c2c1. The molecule has 6 heteroatoms. The second-order valence-electron chi connectivity index (χ2n) is 6.53. The van der Waals surface area contributed by atoms with Gasteiger partial charge in [-0.25, -0.2) is 4.98 Å². The molecule has 0 spiro atoms. The van der Waals surface area contributed by atoms with Crippen molar-refractivity contribution in [3.05, 3.63) is 59.5 Å². The van der Waals surface area contributed by atoms with Gasteiger partial charge in [0.05, 0.1) is 5.39 Å². The van der Waals surface area contributed by atoms with Gasteiger partial charge in [-0.05, 0) is 31.5 Å². The fraction of sp³-hybridized carbons (Fsp3) is 0.227. The molecule has 0 aliphatic heterocycles. The zero-order valence-electron chi connectivity index (χ0n) is 15.9. The fourth-order valence-corrected chi connectivity index (χ4v) is 4.02. The number of thiazole rings is 1. The molecule has 0 aliphatic carbocycles. The van der Waals surface area contributed by atoms with Crippen molar-refractivity contribution in [1.82, 2.24) is 15.0 Å². The number of benzene rings is 2. The number of nitrogens with zero attached hydrogens (tertiary/aromatic N) is 3. The van der Waals surface area contributed by atoms with E-state index in [4.69, 9.17) is 9.51 Å². The molecule has 0 radical (unpaired) electrons. The van der Waals surface area contributed by atoms with Gasteiger partial charge in [0, 0.05) is 29.6 Å². The average Bonchev–Trinajstić information content (AvgIpc) is 3.38. The Morgan fingerprint density at radius 3 is 2.71 bits per heavy atom. The van der Waals surface area contributed by atoms with E-state index in [1.54, 1.807) is 17.4 Å². The van der Waals surface area contributed by atoms with Crippen LogP contribution in [0.25, 0.3) is 32.9 Å². The summed E-state index contributed by atoms with van der Waals surface area (Å²) in [5, 5.41) is 7.93. The minimum absolute atomic E-state index is 0.0293. The highest BCUT2D eigenvalue weighted by Gasteiger charge is 2.18. The third-order valence-electron chi connectivity index (χ3n) is 4.65. The first-order valence-electron chi connectivity index (χ1n) is 9.41. The molecule has 2 aromatic heterocycles. The molecule has 0 saturated carbocycles. The third-order valence-corrected chi connectivity index (χ3v) is 5.54. The van der Waals surface area contributed by atoms with Gasteiger partial charge in [0.15, 0.2) is 5.58 Å². The lowest BCUT2D eigenvalue weighted by Gasteiger charge is -2.20. The van der Waals surface area contributed by atoms with E-state index in [1.165, 1.54) is 0 Å². The van der Waals surface area contributed by atoms with Crippen molar-refractivity contribution in [1.29, 1.82) is 0 Å². The number of hydrogen-bond donors (Lipinski definition) is 0. The lowest BCUT2D eigenvalue weighted by molar-refractivity contribution is 0.0764. The number of amides is 1. The summed E-state index contributed by atoms with van der Waals surface area (Å²) in [6.45, 7) is 5.51. The average molecular weight is 391 g/mol. The molecule has 0 unspecified atom stereocenters. The minimum atomic E-state index is 0.0293. The standard InChI is InChI=1S/C22H21N3O2S/c1-3-12-25(4-2)22(26)16-10-11-19-17(13-16)20(24-27-19)18-14-28-21(23-18)15-8-6-5-7-9-15/h5-11,13-14H,3-4,12H2,1-2H3. The van der Waals surface area contributed by atoms with Crippen molar-refractivity contribution < 1.29 is 9.32 Å². The van der Waals surface area contributed by atoms with E-state index >= 15 is 0 Å². The van der Waals surface area contributed by atoms with Crippen LogP contribution in [0.3, 0.4) is 0 Å². The van der Waals surface area contributed by atoms with E-state index in [-0.39, 0.29) is 5.91 Å². The van der Waals surface area contributed by atoms with Crippen LogP contribution in [0.2, 0.25) is 0 Å². The quantitative estimate of drug-likeness (QED) is 0.436. The van der Waals surface area contributed by atoms with Crippen molar-refractivity contribution >= 4 is 28.2 Å². The highest BCUT2D eigenvalue weighted by atomic mass is 32.1. The topological polar surface area (TPSA) is 59.2 Å². The summed E-state index contributed by atoms with van der Waals surface area (Å²) in [6, 6.07) is 15.5. The van der Waals surface area contributed by atoms with Gasteiger partial charge in [-0.3, -0.25) is 4.79 Å². The Labute approximate surface area is 167 Å². The van der Waals surface area contributed by atoms with Crippen molar-refractivity contribution in [3.8, 4) is 22.0 Å². The first-order chi connectivity index (χ1) is 13.7. The van der Waals surface area contributed by atoms with Crippen LogP contribution < -0.4 is 0 Å². The van der Waals surface area contributed by atoms with Crippen LogP contribution in [-0.2, 0) is 0 Å². The largest absolute Gasteiger partial charge is 0.356 e. The molecule has 4 rings (SSSR count). The summed E-state index contributed by atoms with van der Waals surface area (Å²) in [5.74, 6) is 0.0293.